The number of hydrogen-bond acceptors (Lipinski definition) is 3. The van der Waals surface area contributed by atoms with Crippen molar-refractivity contribution in [2.45, 2.75) is 36.7 Å². The van der Waals surface area contributed by atoms with E-state index in [0.29, 0.717) is 5.69 Å². The summed E-state index contributed by atoms with van der Waals surface area (Å²) < 4.78 is 0. The quantitative estimate of drug-likeness (QED) is 0.907. The number of benzene rings is 1. The van der Waals surface area contributed by atoms with Crippen LogP contribution >= 0.6 is 11.8 Å². The lowest BCUT2D eigenvalue weighted by Crippen LogP contribution is -1.94. The third-order valence-corrected chi connectivity index (χ3v) is 3.87. The Morgan fingerprint density at radius 1 is 1.06 bits per heavy atom. The lowest BCUT2D eigenvalue weighted by molar-refractivity contribution is 0.194. The molecular weight excluding hydrogens is 242 g/mol. The van der Waals surface area contributed by atoms with Gasteiger partial charge in [-0.05, 0) is 56.2 Å². The van der Waals surface area contributed by atoms with Crippen molar-refractivity contribution >= 4 is 11.8 Å². The molecule has 0 aliphatic heterocycles. The SMILES string of the molecule is Cc1ccc(Sc2ccc(C(C)O)nc2)cc1C. The van der Waals surface area contributed by atoms with Crippen molar-refractivity contribution in [3.05, 3.63) is 53.3 Å². The molecule has 0 saturated heterocycles. The van der Waals surface area contributed by atoms with Crippen LogP contribution in [0, 0.1) is 13.8 Å². The summed E-state index contributed by atoms with van der Waals surface area (Å²) in [6.45, 7) is 5.95. The highest BCUT2D eigenvalue weighted by Crippen LogP contribution is 2.28. The van der Waals surface area contributed by atoms with Crippen LogP contribution in [-0.4, -0.2) is 10.1 Å². The smallest absolute Gasteiger partial charge is 0.0931 e. The van der Waals surface area contributed by atoms with Crippen molar-refractivity contribution in [3.63, 3.8) is 0 Å². The van der Waals surface area contributed by atoms with Crippen molar-refractivity contribution in [1.29, 1.82) is 0 Å². The molecule has 0 spiro atoms. The summed E-state index contributed by atoms with van der Waals surface area (Å²) in [7, 11) is 0. The molecule has 1 heterocycles. The molecule has 1 aromatic heterocycles. The Bertz CT molecular complexity index is 535. The Balaban J connectivity index is 2.15. The van der Waals surface area contributed by atoms with Crippen LogP contribution in [-0.2, 0) is 0 Å². The Morgan fingerprint density at radius 2 is 1.78 bits per heavy atom. The van der Waals surface area contributed by atoms with Crippen molar-refractivity contribution in [2.24, 2.45) is 0 Å². The van der Waals surface area contributed by atoms with E-state index in [1.165, 1.54) is 16.0 Å². The minimum Gasteiger partial charge on any atom is -0.387 e. The maximum absolute atomic E-state index is 9.40. The molecule has 0 fully saturated rings. The molecule has 94 valence electrons. The van der Waals surface area contributed by atoms with Crippen LogP contribution in [0.25, 0.3) is 0 Å². The Kier molecular flexibility index (Phi) is 4.04. The predicted octanol–water partition coefficient (Wildman–Crippen LogP) is 3.90. The summed E-state index contributed by atoms with van der Waals surface area (Å²) in [4.78, 5) is 6.54. The van der Waals surface area contributed by atoms with Gasteiger partial charge >= 0.3 is 0 Å². The second kappa shape index (κ2) is 5.55. The maximum atomic E-state index is 9.40. The average molecular weight is 259 g/mol. The first-order chi connectivity index (χ1) is 8.56. The molecule has 0 bridgehead atoms. The van der Waals surface area contributed by atoms with Gasteiger partial charge in [0.1, 0.15) is 0 Å². The van der Waals surface area contributed by atoms with E-state index in [9.17, 15) is 5.11 Å². The van der Waals surface area contributed by atoms with E-state index in [4.69, 9.17) is 0 Å². The molecule has 0 radical (unpaired) electrons. The molecule has 3 heteroatoms. The molecular formula is C15H17NOS. The number of aliphatic hydroxyl groups excluding tert-OH is 1. The summed E-state index contributed by atoms with van der Waals surface area (Å²) in [5.74, 6) is 0. The number of hydrogen-bond donors (Lipinski definition) is 1. The number of rotatable bonds is 3. The first kappa shape index (κ1) is 13.1. The van der Waals surface area contributed by atoms with Gasteiger partial charge in [-0.3, -0.25) is 4.98 Å². The largest absolute Gasteiger partial charge is 0.387 e. The number of aliphatic hydroxyl groups is 1. The zero-order chi connectivity index (χ0) is 13.1. The average Bonchev–Trinajstić information content (AvgIpc) is 2.34. The van der Waals surface area contributed by atoms with E-state index < -0.39 is 6.10 Å². The standard InChI is InChI=1S/C15H17NOS/c1-10-4-5-13(8-11(10)2)18-14-6-7-15(12(3)17)16-9-14/h4-9,12,17H,1-3H3. The third kappa shape index (κ3) is 3.12. The second-order valence-corrected chi connectivity index (χ2v) is 5.59. The van der Waals surface area contributed by atoms with Gasteiger partial charge in [-0.1, -0.05) is 17.8 Å². The molecule has 2 aromatic rings. The third-order valence-electron chi connectivity index (χ3n) is 2.90. The monoisotopic (exact) mass is 259 g/mol. The van der Waals surface area contributed by atoms with E-state index >= 15 is 0 Å². The topological polar surface area (TPSA) is 33.1 Å². The lowest BCUT2D eigenvalue weighted by Gasteiger charge is -2.07. The van der Waals surface area contributed by atoms with Crippen LogP contribution < -0.4 is 0 Å². The Morgan fingerprint density at radius 3 is 2.33 bits per heavy atom. The van der Waals surface area contributed by atoms with Crippen molar-refractivity contribution in [3.8, 4) is 0 Å². The second-order valence-electron chi connectivity index (χ2n) is 4.44. The molecule has 1 atom stereocenters. The van der Waals surface area contributed by atoms with Gasteiger partial charge in [0.2, 0.25) is 0 Å². The van der Waals surface area contributed by atoms with Gasteiger partial charge in [0, 0.05) is 16.0 Å². The van der Waals surface area contributed by atoms with Gasteiger partial charge in [-0.15, -0.1) is 0 Å². The molecule has 2 nitrogen and oxygen atoms in total. The first-order valence-corrected chi connectivity index (χ1v) is 6.77. The zero-order valence-electron chi connectivity index (χ0n) is 10.8. The van der Waals surface area contributed by atoms with Gasteiger partial charge in [-0.25, -0.2) is 0 Å². The molecule has 2 rings (SSSR count). The molecule has 18 heavy (non-hydrogen) atoms. The van der Waals surface area contributed by atoms with Crippen LogP contribution in [0.3, 0.4) is 0 Å². The summed E-state index contributed by atoms with van der Waals surface area (Å²) in [5, 5.41) is 9.40. The maximum Gasteiger partial charge on any atom is 0.0931 e. The van der Waals surface area contributed by atoms with Crippen LogP contribution in [0.5, 0.6) is 0 Å². The van der Waals surface area contributed by atoms with Gasteiger partial charge in [0.05, 0.1) is 11.8 Å². The number of aryl methyl sites for hydroxylation is 2. The highest BCUT2D eigenvalue weighted by molar-refractivity contribution is 7.99. The van der Waals surface area contributed by atoms with Crippen molar-refractivity contribution in [1.82, 2.24) is 4.98 Å². The fraction of sp³-hybridized carbons (Fsp3) is 0.267. The normalized spacial score (nSPS) is 12.4. The Labute approximate surface area is 112 Å². The summed E-state index contributed by atoms with van der Waals surface area (Å²) >= 11 is 1.69. The summed E-state index contributed by atoms with van der Waals surface area (Å²) in [6.07, 6.45) is 1.30. The fourth-order valence-electron chi connectivity index (χ4n) is 1.61. The van der Waals surface area contributed by atoms with Crippen molar-refractivity contribution in [2.75, 3.05) is 0 Å². The van der Waals surface area contributed by atoms with Gasteiger partial charge < -0.3 is 5.11 Å². The molecule has 1 unspecified atom stereocenters. The van der Waals surface area contributed by atoms with Crippen LogP contribution in [0.15, 0.2) is 46.3 Å². The van der Waals surface area contributed by atoms with Crippen molar-refractivity contribution < 1.29 is 5.11 Å². The molecule has 0 saturated carbocycles. The summed E-state index contributed by atoms with van der Waals surface area (Å²) in [6, 6.07) is 10.3. The lowest BCUT2D eigenvalue weighted by atomic mass is 10.1. The molecule has 1 N–H and O–H groups in total. The minimum absolute atomic E-state index is 0.509. The molecule has 0 aliphatic rings. The fourth-order valence-corrected chi connectivity index (χ4v) is 2.50. The Hall–Kier alpha value is -1.32. The van der Waals surface area contributed by atoms with E-state index in [1.807, 2.05) is 18.3 Å². The number of nitrogens with zero attached hydrogens (tertiary/aromatic N) is 1. The van der Waals surface area contributed by atoms with Gasteiger partial charge in [-0.2, -0.15) is 0 Å². The summed E-state index contributed by atoms with van der Waals surface area (Å²) in [5.41, 5.74) is 3.31. The van der Waals surface area contributed by atoms with Crippen LogP contribution in [0.2, 0.25) is 0 Å². The number of pyridine rings is 1. The van der Waals surface area contributed by atoms with E-state index in [-0.39, 0.29) is 0 Å². The van der Waals surface area contributed by atoms with Gasteiger partial charge in [0.15, 0.2) is 0 Å². The molecule has 0 aliphatic carbocycles. The highest BCUT2D eigenvalue weighted by Gasteiger charge is 2.03. The highest BCUT2D eigenvalue weighted by atomic mass is 32.2. The zero-order valence-corrected chi connectivity index (χ0v) is 11.7. The first-order valence-electron chi connectivity index (χ1n) is 5.95. The minimum atomic E-state index is -0.509. The van der Waals surface area contributed by atoms with E-state index in [1.54, 1.807) is 18.7 Å². The van der Waals surface area contributed by atoms with Crippen LogP contribution in [0.1, 0.15) is 29.8 Å². The number of aromatic nitrogens is 1. The van der Waals surface area contributed by atoms with E-state index in [2.05, 4.69) is 37.0 Å². The van der Waals surface area contributed by atoms with Crippen LogP contribution in [0.4, 0.5) is 0 Å². The van der Waals surface area contributed by atoms with E-state index in [0.717, 1.165) is 4.90 Å². The molecule has 1 aromatic carbocycles. The predicted molar refractivity (Wildman–Crippen MR) is 74.9 cm³/mol. The molecule has 0 amide bonds. The van der Waals surface area contributed by atoms with Gasteiger partial charge in [0.25, 0.3) is 0 Å².